The van der Waals surface area contributed by atoms with Gasteiger partial charge in [-0.3, -0.25) is 0 Å². The molecule has 0 unspecified atom stereocenters. The van der Waals surface area contributed by atoms with Gasteiger partial charge in [-0.2, -0.15) is 0 Å². The number of rotatable bonds is 9. The maximum absolute atomic E-state index is 10.9. The van der Waals surface area contributed by atoms with Gasteiger partial charge in [-0.05, 0) is 41.3 Å². The normalized spacial score (nSPS) is 10.5. The fourth-order valence-corrected chi connectivity index (χ4v) is 3.10. The molecule has 0 aliphatic rings. The van der Waals surface area contributed by atoms with Crippen molar-refractivity contribution in [1.29, 1.82) is 0 Å². The summed E-state index contributed by atoms with van der Waals surface area (Å²) in [6, 6.07) is 13.8. The van der Waals surface area contributed by atoms with Gasteiger partial charge in [0.2, 0.25) is 0 Å². The molecule has 0 amide bonds. The number of nitrogens with two attached hydrogens (primary N) is 1. The zero-order chi connectivity index (χ0) is 26.4. The Kier molecular flexibility index (Phi) is 17.9. The smallest absolute Gasteiger partial charge is 0.423 e. The Labute approximate surface area is 215 Å². The molecular weight excluding hydrogens is 515 g/mol. The quantitative estimate of drug-likeness (QED) is 0.197. The Morgan fingerprint density at radius 2 is 1.17 bits per heavy atom. The van der Waals surface area contributed by atoms with Crippen LogP contribution < -0.4 is 16.7 Å². The molecule has 9 nitrogen and oxygen atoms in total. The molecule has 2 aromatic carbocycles. The van der Waals surface area contributed by atoms with Crippen molar-refractivity contribution in [2.24, 2.45) is 5.73 Å². The molecule has 2 aromatic rings. The third-order valence-electron chi connectivity index (χ3n) is 4.32. The van der Waals surface area contributed by atoms with Crippen LogP contribution in [0.2, 0.25) is 0 Å². The lowest BCUT2D eigenvalue weighted by Gasteiger charge is -2.03. The number of hydrogen-bond acceptors (Lipinski definition) is 9. The highest BCUT2D eigenvalue weighted by Gasteiger charge is 2.10. The second-order valence-corrected chi connectivity index (χ2v) is 11.8. The predicted molar refractivity (Wildman–Crippen MR) is 145 cm³/mol. The van der Waals surface area contributed by atoms with Gasteiger partial charge in [0.1, 0.15) is 9.84 Å². The summed E-state index contributed by atoms with van der Waals surface area (Å²) in [5.41, 5.74) is 8.36. The van der Waals surface area contributed by atoms with Crippen LogP contribution in [-0.4, -0.2) is 69.4 Å². The monoisotopic (exact) mass is 549 g/mol. The molecule has 0 saturated carbocycles. The van der Waals surface area contributed by atoms with Gasteiger partial charge in [0, 0.05) is 30.2 Å². The van der Waals surface area contributed by atoms with E-state index in [4.69, 9.17) is 25.8 Å². The molecule has 35 heavy (non-hydrogen) atoms. The van der Waals surface area contributed by atoms with Crippen LogP contribution in [0.1, 0.15) is 24.0 Å². The Bertz CT molecular complexity index is 1050. The van der Waals surface area contributed by atoms with Crippen molar-refractivity contribution in [2.75, 3.05) is 18.3 Å². The first-order valence-electron chi connectivity index (χ1n) is 10.3. The summed E-state index contributed by atoms with van der Waals surface area (Å²) >= 11 is 0. The number of aryl methyl sites for hydroxylation is 1. The Morgan fingerprint density at radius 1 is 0.800 bits per heavy atom. The summed E-state index contributed by atoms with van der Waals surface area (Å²) in [6.45, 7) is 3.52. The van der Waals surface area contributed by atoms with Gasteiger partial charge >= 0.3 is 14.2 Å². The zero-order valence-electron chi connectivity index (χ0n) is 19.8. The largest absolute Gasteiger partial charge is 0.488 e. The van der Waals surface area contributed by atoms with Crippen LogP contribution in [-0.2, 0) is 32.6 Å². The summed E-state index contributed by atoms with van der Waals surface area (Å²) in [5.74, 6) is 0.223. The van der Waals surface area contributed by atoms with Crippen molar-refractivity contribution in [3.8, 4) is 0 Å². The van der Waals surface area contributed by atoms with Gasteiger partial charge in [-0.25, -0.2) is 16.8 Å². The van der Waals surface area contributed by atoms with E-state index >= 15 is 0 Å². The van der Waals surface area contributed by atoms with Crippen LogP contribution in [0.5, 0.6) is 0 Å². The third-order valence-corrected chi connectivity index (χ3v) is 5.96. The zero-order valence-corrected chi connectivity index (χ0v) is 22.3. The van der Waals surface area contributed by atoms with Crippen LogP contribution in [0.4, 0.5) is 0 Å². The first-order valence-corrected chi connectivity index (χ1v) is 14.3. The van der Waals surface area contributed by atoms with Gasteiger partial charge < -0.3 is 25.8 Å². The van der Waals surface area contributed by atoms with Crippen molar-refractivity contribution in [1.82, 2.24) is 0 Å². The molecule has 0 saturated heterocycles. The summed E-state index contributed by atoms with van der Waals surface area (Å²) in [7, 11) is -8.58. The summed E-state index contributed by atoms with van der Waals surface area (Å²) in [4.78, 5) is 0. The first kappa shape index (κ1) is 35.5. The van der Waals surface area contributed by atoms with Crippen molar-refractivity contribution >= 4 is 57.2 Å². The minimum Gasteiger partial charge on any atom is -0.423 e. The van der Waals surface area contributed by atoms with Crippen molar-refractivity contribution < 1.29 is 36.9 Å². The highest BCUT2D eigenvalue weighted by atomic mass is 35.5. The summed E-state index contributed by atoms with van der Waals surface area (Å²) < 4.78 is 41.6. The fraction of sp³-hybridized carbons (Fsp3) is 0.333. The number of hydrogen-bond donors (Lipinski definition) is 5. The van der Waals surface area contributed by atoms with Crippen molar-refractivity contribution in [2.45, 2.75) is 25.8 Å². The average molecular weight is 550 g/mol. The van der Waals surface area contributed by atoms with E-state index in [1.165, 1.54) is 6.26 Å². The molecule has 6 N–H and O–H groups in total. The van der Waals surface area contributed by atoms with Gasteiger partial charge in [0.05, 0.1) is 0 Å². The molecule has 14 heteroatoms. The van der Waals surface area contributed by atoms with E-state index in [1.807, 2.05) is 12.1 Å². The van der Waals surface area contributed by atoms with Gasteiger partial charge in [-0.1, -0.05) is 55.1 Å². The van der Waals surface area contributed by atoms with Crippen molar-refractivity contribution in [3.63, 3.8) is 0 Å². The Morgan fingerprint density at radius 3 is 1.46 bits per heavy atom. The number of halogens is 1. The third kappa shape index (κ3) is 19.2. The van der Waals surface area contributed by atoms with Crippen LogP contribution in [0.3, 0.4) is 0 Å². The SMILES string of the molecule is C=CS(C)(=O)=O.CS(=O)(=O)CCCCc1ccc(B(O)O)cc1.Cl.NCc1ccc(B(O)O)cc1. The minimum atomic E-state index is -2.90. The number of unbranched alkanes of at least 4 members (excludes halogenated alkanes) is 1. The molecule has 2 rings (SSSR count). The van der Waals surface area contributed by atoms with Gasteiger partial charge in [0.25, 0.3) is 0 Å². The molecule has 196 valence electrons. The highest BCUT2D eigenvalue weighted by Crippen LogP contribution is 2.05. The van der Waals surface area contributed by atoms with E-state index in [1.54, 1.807) is 36.4 Å². The average Bonchev–Trinajstić information content (AvgIpc) is 2.77. The van der Waals surface area contributed by atoms with E-state index in [2.05, 4.69) is 6.58 Å². The van der Waals surface area contributed by atoms with E-state index in [0.717, 1.165) is 35.6 Å². The van der Waals surface area contributed by atoms with E-state index in [-0.39, 0.29) is 18.2 Å². The standard InChI is InChI=1S/C11H17BO4S.C7H10BNO2.C3H6O2S.ClH/c1-17(15,16)9-3-2-4-10-5-7-11(8-6-10)12(13)14;9-5-6-1-3-7(4-2-6)8(10)11;1-3-6(2,4)5;/h5-8,13-14H,2-4,9H2,1H3;1-4,10-11H,5,9H2;3H,1H2,2H3;1H. The summed E-state index contributed by atoms with van der Waals surface area (Å²) in [6.07, 6.45) is 4.61. The molecule has 0 atom stereocenters. The molecule has 0 fully saturated rings. The fourth-order valence-electron chi connectivity index (χ4n) is 2.38. The maximum atomic E-state index is 10.9. The lowest BCUT2D eigenvalue weighted by Crippen LogP contribution is -2.29. The summed E-state index contributed by atoms with van der Waals surface area (Å²) in [5, 5.41) is 36.1. The van der Waals surface area contributed by atoms with Gasteiger partial charge in [-0.15, -0.1) is 12.4 Å². The topological polar surface area (TPSA) is 175 Å². The molecule has 0 heterocycles. The minimum absolute atomic E-state index is 0. The van der Waals surface area contributed by atoms with Gasteiger partial charge in [0.15, 0.2) is 9.84 Å². The van der Waals surface area contributed by atoms with E-state index in [9.17, 15) is 16.8 Å². The van der Waals surface area contributed by atoms with E-state index in [0.29, 0.717) is 23.9 Å². The second-order valence-electron chi connectivity index (χ2n) is 7.52. The van der Waals surface area contributed by atoms with Crippen LogP contribution in [0.15, 0.2) is 60.5 Å². The predicted octanol–water partition coefficient (Wildman–Crippen LogP) is -0.845. The molecule has 0 bridgehead atoms. The maximum Gasteiger partial charge on any atom is 0.488 e. The lowest BCUT2D eigenvalue weighted by atomic mass is 9.80. The Hall–Kier alpha value is -1.70. The molecule has 0 aliphatic heterocycles. The molecule has 0 aliphatic carbocycles. The van der Waals surface area contributed by atoms with Crippen LogP contribution in [0, 0.1) is 0 Å². The molecule has 0 radical (unpaired) electrons. The van der Waals surface area contributed by atoms with Crippen LogP contribution in [0.25, 0.3) is 0 Å². The second kappa shape index (κ2) is 17.7. The van der Waals surface area contributed by atoms with Crippen molar-refractivity contribution in [3.05, 3.63) is 71.6 Å². The first-order chi connectivity index (χ1) is 15.7. The number of sulfone groups is 2. The van der Waals surface area contributed by atoms with E-state index < -0.39 is 33.9 Å². The Balaban J connectivity index is 0. The molecule has 0 spiro atoms. The molecular formula is C21H34B2ClNO8S2. The number of benzene rings is 2. The highest BCUT2D eigenvalue weighted by molar-refractivity contribution is 7.93. The molecule has 0 aromatic heterocycles. The lowest BCUT2D eigenvalue weighted by molar-refractivity contribution is 0.424. The van der Waals surface area contributed by atoms with Crippen LogP contribution >= 0.6 is 12.4 Å².